The van der Waals surface area contributed by atoms with Crippen LogP contribution in [0.15, 0.2) is 24.3 Å². The number of carbonyl (C=O) groups is 3. The SMILES string of the molecule is CC1C(=O)NC(=O)CN1C(=O)C=Cc1cc(Cl)cc(Cl)c1. The van der Waals surface area contributed by atoms with Crippen molar-refractivity contribution >= 4 is 47.0 Å². The number of carbonyl (C=O) groups excluding carboxylic acids is 3. The first kappa shape index (κ1) is 15.5. The summed E-state index contributed by atoms with van der Waals surface area (Å²) in [6.45, 7) is 1.41. The Morgan fingerprint density at radius 3 is 2.52 bits per heavy atom. The van der Waals surface area contributed by atoms with E-state index in [2.05, 4.69) is 5.32 Å². The molecule has 1 saturated heterocycles. The molecule has 1 heterocycles. The molecule has 1 aromatic carbocycles. The van der Waals surface area contributed by atoms with Crippen LogP contribution in [-0.4, -0.2) is 35.2 Å². The van der Waals surface area contributed by atoms with Gasteiger partial charge in [-0.05, 0) is 36.8 Å². The fraction of sp³-hybridized carbons (Fsp3) is 0.214. The molecule has 7 heteroatoms. The number of hydrogen-bond donors (Lipinski definition) is 1. The van der Waals surface area contributed by atoms with Gasteiger partial charge in [0, 0.05) is 16.1 Å². The highest BCUT2D eigenvalue weighted by Gasteiger charge is 2.32. The first-order valence-electron chi connectivity index (χ1n) is 6.15. The van der Waals surface area contributed by atoms with Crippen LogP contribution in [0.5, 0.6) is 0 Å². The Kier molecular flexibility index (Phi) is 4.65. The van der Waals surface area contributed by atoms with Gasteiger partial charge < -0.3 is 4.90 Å². The Hall–Kier alpha value is -1.85. The highest BCUT2D eigenvalue weighted by atomic mass is 35.5. The van der Waals surface area contributed by atoms with E-state index >= 15 is 0 Å². The topological polar surface area (TPSA) is 66.5 Å². The number of hydrogen-bond acceptors (Lipinski definition) is 3. The Bertz CT molecular complexity index is 623. The van der Waals surface area contributed by atoms with E-state index < -0.39 is 23.8 Å². The van der Waals surface area contributed by atoms with Crippen LogP contribution in [0.25, 0.3) is 6.08 Å². The van der Waals surface area contributed by atoms with Gasteiger partial charge in [-0.2, -0.15) is 0 Å². The predicted molar refractivity (Wildman–Crippen MR) is 79.8 cm³/mol. The summed E-state index contributed by atoms with van der Waals surface area (Å²) in [6.07, 6.45) is 2.81. The van der Waals surface area contributed by atoms with Crippen molar-refractivity contribution in [1.29, 1.82) is 0 Å². The zero-order valence-corrected chi connectivity index (χ0v) is 12.6. The molecule has 1 fully saturated rings. The van der Waals surface area contributed by atoms with Gasteiger partial charge in [0.25, 0.3) is 0 Å². The van der Waals surface area contributed by atoms with E-state index in [0.29, 0.717) is 15.6 Å². The predicted octanol–water partition coefficient (Wildman–Crippen LogP) is 1.88. The van der Waals surface area contributed by atoms with Crippen LogP contribution >= 0.6 is 23.2 Å². The maximum atomic E-state index is 12.1. The monoisotopic (exact) mass is 326 g/mol. The first-order chi connectivity index (χ1) is 9.86. The fourth-order valence-corrected chi connectivity index (χ4v) is 2.46. The third-order valence-electron chi connectivity index (χ3n) is 3.01. The number of nitrogens with one attached hydrogen (secondary N) is 1. The van der Waals surface area contributed by atoms with Gasteiger partial charge in [0.1, 0.15) is 12.6 Å². The Labute approximate surface area is 131 Å². The van der Waals surface area contributed by atoms with E-state index in [1.54, 1.807) is 25.1 Å². The highest BCUT2D eigenvalue weighted by Crippen LogP contribution is 2.20. The van der Waals surface area contributed by atoms with E-state index in [0.717, 1.165) is 0 Å². The van der Waals surface area contributed by atoms with Crippen molar-refractivity contribution in [3.8, 4) is 0 Å². The largest absolute Gasteiger partial charge is 0.318 e. The van der Waals surface area contributed by atoms with Crippen molar-refractivity contribution in [2.24, 2.45) is 0 Å². The molecule has 0 bridgehead atoms. The van der Waals surface area contributed by atoms with E-state index in [4.69, 9.17) is 23.2 Å². The van der Waals surface area contributed by atoms with Crippen molar-refractivity contribution in [3.63, 3.8) is 0 Å². The van der Waals surface area contributed by atoms with Crippen molar-refractivity contribution in [1.82, 2.24) is 10.2 Å². The second-order valence-electron chi connectivity index (χ2n) is 4.59. The van der Waals surface area contributed by atoms with Crippen molar-refractivity contribution in [3.05, 3.63) is 39.9 Å². The zero-order valence-electron chi connectivity index (χ0n) is 11.1. The quantitative estimate of drug-likeness (QED) is 0.666. The van der Waals surface area contributed by atoms with Crippen LogP contribution < -0.4 is 5.32 Å². The summed E-state index contributed by atoms with van der Waals surface area (Å²) in [7, 11) is 0. The number of amides is 3. The molecule has 1 aromatic rings. The van der Waals surface area contributed by atoms with E-state index in [1.807, 2.05) is 0 Å². The summed E-state index contributed by atoms with van der Waals surface area (Å²) in [5.41, 5.74) is 0.654. The number of imide groups is 1. The third kappa shape index (κ3) is 3.83. The smallest absolute Gasteiger partial charge is 0.249 e. The lowest BCUT2D eigenvalue weighted by molar-refractivity contribution is -0.147. The molecule has 2 rings (SSSR count). The molecule has 1 aliphatic rings. The van der Waals surface area contributed by atoms with Crippen molar-refractivity contribution in [2.75, 3.05) is 6.54 Å². The van der Waals surface area contributed by atoms with Crippen LogP contribution in [-0.2, 0) is 14.4 Å². The van der Waals surface area contributed by atoms with Gasteiger partial charge in [-0.1, -0.05) is 23.2 Å². The first-order valence-corrected chi connectivity index (χ1v) is 6.91. The van der Waals surface area contributed by atoms with Crippen LogP contribution in [0.3, 0.4) is 0 Å². The maximum Gasteiger partial charge on any atom is 0.249 e. The van der Waals surface area contributed by atoms with Crippen LogP contribution in [0.1, 0.15) is 12.5 Å². The van der Waals surface area contributed by atoms with Crippen molar-refractivity contribution in [2.45, 2.75) is 13.0 Å². The van der Waals surface area contributed by atoms with Crippen LogP contribution in [0.2, 0.25) is 10.0 Å². The third-order valence-corrected chi connectivity index (χ3v) is 3.45. The molecule has 0 saturated carbocycles. The summed E-state index contributed by atoms with van der Waals surface area (Å²) in [5, 5.41) is 3.08. The zero-order chi connectivity index (χ0) is 15.6. The molecule has 3 amide bonds. The number of piperazine rings is 1. The molecule has 0 aromatic heterocycles. The number of halogens is 2. The van der Waals surface area contributed by atoms with Gasteiger partial charge in [0.05, 0.1) is 0 Å². The molecule has 5 nitrogen and oxygen atoms in total. The lowest BCUT2D eigenvalue weighted by atomic mass is 10.1. The summed E-state index contributed by atoms with van der Waals surface area (Å²) >= 11 is 11.7. The molecule has 0 spiro atoms. The van der Waals surface area contributed by atoms with E-state index in [-0.39, 0.29) is 6.54 Å². The minimum Gasteiger partial charge on any atom is -0.318 e. The number of benzene rings is 1. The Morgan fingerprint density at radius 1 is 1.29 bits per heavy atom. The molecule has 21 heavy (non-hydrogen) atoms. The lowest BCUT2D eigenvalue weighted by Crippen LogP contribution is -2.58. The van der Waals surface area contributed by atoms with Crippen molar-refractivity contribution < 1.29 is 14.4 Å². The Balaban J connectivity index is 2.14. The minimum atomic E-state index is -0.692. The fourth-order valence-electron chi connectivity index (χ4n) is 1.92. The standard InChI is InChI=1S/C14H12Cl2N2O3/c1-8-14(21)17-12(19)7-18(8)13(20)3-2-9-4-10(15)6-11(16)5-9/h2-6,8H,7H2,1H3,(H,17,19,21). The van der Waals surface area contributed by atoms with E-state index in [1.165, 1.54) is 17.1 Å². The molecular weight excluding hydrogens is 315 g/mol. The second-order valence-corrected chi connectivity index (χ2v) is 5.46. The van der Waals surface area contributed by atoms with Gasteiger partial charge in [0.15, 0.2) is 0 Å². The molecule has 1 unspecified atom stereocenters. The maximum absolute atomic E-state index is 12.1. The molecular formula is C14H12Cl2N2O3. The highest BCUT2D eigenvalue weighted by molar-refractivity contribution is 6.34. The lowest BCUT2D eigenvalue weighted by Gasteiger charge is -2.30. The average molecular weight is 327 g/mol. The average Bonchev–Trinajstić information content (AvgIpc) is 2.39. The van der Waals surface area contributed by atoms with Gasteiger partial charge in [0.2, 0.25) is 17.7 Å². The molecule has 1 atom stereocenters. The number of nitrogens with zero attached hydrogens (tertiary/aromatic N) is 1. The van der Waals surface area contributed by atoms with Gasteiger partial charge in [-0.3, -0.25) is 19.7 Å². The van der Waals surface area contributed by atoms with Crippen LogP contribution in [0.4, 0.5) is 0 Å². The molecule has 110 valence electrons. The molecule has 1 N–H and O–H groups in total. The summed E-state index contributed by atoms with van der Waals surface area (Å²) in [6, 6.07) is 4.18. The summed E-state index contributed by atoms with van der Waals surface area (Å²) < 4.78 is 0. The van der Waals surface area contributed by atoms with Gasteiger partial charge in [-0.15, -0.1) is 0 Å². The number of rotatable bonds is 2. The molecule has 1 aliphatic heterocycles. The Morgan fingerprint density at radius 2 is 1.90 bits per heavy atom. The molecule has 0 aliphatic carbocycles. The second kappa shape index (κ2) is 6.28. The summed E-state index contributed by atoms with van der Waals surface area (Å²) in [4.78, 5) is 36.1. The van der Waals surface area contributed by atoms with Gasteiger partial charge in [-0.25, -0.2) is 0 Å². The molecule has 0 radical (unpaired) electrons. The normalized spacial score (nSPS) is 19.0. The minimum absolute atomic E-state index is 0.146. The van der Waals surface area contributed by atoms with Crippen LogP contribution in [0, 0.1) is 0 Å². The van der Waals surface area contributed by atoms with E-state index in [9.17, 15) is 14.4 Å². The summed E-state index contributed by atoms with van der Waals surface area (Å²) in [5.74, 6) is -1.41. The van der Waals surface area contributed by atoms with Gasteiger partial charge >= 0.3 is 0 Å².